The Morgan fingerprint density at radius 2 is 1.83 bits per heavy atom. The fraction of sp³-hybridized carbons (Fsp3) is 0.500. The average molecular weight is 247 g/mol. The zero-order valence-corrected chi connectivity index (χ0v) is 10.9. The van der Waals surface area contributed by atoms with Crippen LogP contribution in [0.3, 0.4) is 0 Å². The van der Waals surface area contributed by atoms with Crippen molar-refractivity contribution >= 4 is 5.91 Å². The summed E-state index contributed by atoms with van der Waals surface area (Å²) >= 11 is 0. The largest absolute Gasteiger partial charge is 0.339 e. The third kappa shape index (κ3) is 3.31. The standard InChI is InChI=1S/C14H21N3O/c1-12(15)14(18)17-9-7-16(8-10-17)11-13-5-3-2-4-6-13/h2-6,12H,7-11,15H2,1H3. The van der Waals surface area contributed by atoms with Gasteiger partial charge < -0.3 is 10.6 Å². The molecule has 1 aliphatic heterocycles. The summed E-state index contributed by atoms with van der Waals surface area (Å²) in [5, 5.41) is 0. The predicted molar refractivity (Wildman–Crippen MR) is 71.9 cm³/mol. The predicted octanol–water partition coefficient (Wildman–Crippen LogP) is 0.678. The van der Waals surface area contributed by atoms with Gasteiger partial charge in [0, 0.05) is 32.7 Å². The van der Waals surface area contributed by atoms with Gasteiger partial charge >= 0.3 is 0 Å². The average Bonchev–Trinajstić information content (AvgIpc) is 2.40. The van der Waals surface area contributed by atoms with Crippen molar-refractivity contribution in [1.29, 1.82) is 0 Å². The fourth-order valence-corrected chi connectivity index (χ4v) is 2.26. The summed E-state index contributed by atoms with van der Waals surface area (Å²) in [4.78, 5) is 16.0. The van der Waals surface area contributed by atoms with Crippen molar-refractivity contribution in [3.8, 4) is 0 Å². The van der Waals surface area contributed by atoms with Gasteiger partial charge in [0.2, 0.25) is 5.91 Å². The number of carbonyl (C=O) groups is 1. The van der Waals surface area contributed by atoms with E-state index in [1.165, 1.54) is 5.56 Å². The van der Waals surface area contributed by atoms with E-state index in [-0.39, 0.29) is 11.9 Å². The summed E-state index contributed by atoms with van der Waals surface area (Å²) in [5.74, 6) is 0.0642. The van der Waals surface area contributed by atoms with E-state index in [1.807, 2.05) is 11.0 Å². The lowest BCUT2D eigenvalue weighted by Crippen LogP contribution is -2.52. The molecule has 1 amide bonds. The smallest absolute Gasteiger partial charge is 0.239 e. The molecule has 2 N–H and O–H groups in total. The molecule has 1 fully saturated rings. The van der Waals surface area contributed by atoms with Crippen LogP contribution in [0.15, 0.2) is 30.3 Å². The molecule has 1 aromatic carbocycles. The quantitative estimate of drug-likeness (QED) is 0.854. The SMILES string of the molecule is CC(N)C(=O)N1CCN(Cc2ccccc2)CC1. The number of hydrogen-bond donors (Lipinski definition) is 1. The molecule has 1 saturated heterocycles. The molecule has 0 aromatic heterocycles. The lowest BCUT2D eigenvalue weighted by Gasteiger charge is -2.35. The number of rotatable bonds is 3. The molecule has 1 aliphatic rings. The van der Waals surface area contributed by atoms with E-state index >= 15 is 0 Å². The Bertz CT molecular complexity index is 383. The zero-order chi connectivity index (χ0) is 13.0. The fourth-order valence-electron chi connectivity index (χ4n) is 2.26. The maximum absolute atomic E-state index is 11.7. The maximum atomic E-state index is 11.7. The van der Waals surface area contributed by atoms with Gasteiger partial charge in [0.15, 0.2) is 0 Å². The molecule has 1 heterocycles. The van der Waals surface area contributed by atoms with E-state index in [1.54, 1.807) is 6.92 Å². The molecular formula is C14H21N3O. The third-order valence-electron chi connectivity index (χ3n) is 3.32. The molecule has 18 heavy (non-hydrogen) atoms. The molecule has 0 saturated carbocycles. The zero-order valence-electron chi connectivity index (χ0n) is 10.9. The minimum atomic E-state index is -0.384. The van der Waals surface area contributed by atoms with Gasteiger partial charge in [-0.15, -0.1) is 0 Å². The molecule has 0 radical (unpaired) electrons. The number of amides is 1. The van der Waals surface area contributed by atoms with Crippen LogP contribution in [0.2, 0.25) is 0 Å². The van der Waals surface area contributed by atoms with E-state index in [9.17, 15) is 4.79 Å². The van der Waals surface area contributed by atoms with E-state index < -0.39 is 0 Å². The molecule has 1 aromatic rings. The van der Waals surface area contributed by atoms with E-state index in [4.69, 9.17) is 5.73 Å². The topological polar surface area (TPSA) is 49.6 Å². The molecule has 0 spiro atoms. The van der Waals surface area contributed by atoms with Crippen LogP contribution in [-0.2, 0) is 11.3 Å². The number of hydrogen-bond acceptors (Lipinski definition) is 3. The normalized spacial score (nSPS) is 18.7. The van der Waals surface area contributed by atoms with Crippen LogP contribution in [-0.4, -0.2) is 47.9 Å². The number of nitrogens with two attached hydrogens (primary N) is 1. The summed E-state index contributed by atoms with van der Waals surface area (Å²) in [7, 11) is 0. The van der Waals surface area contributed by atoms with Crippen LogP contribution in [0, 0.1) is 0 Å². The van der Waals surface area contributed by atoms with Gasteiger partial charge in [-0.25, -0.2) is 0 Å². The van der Waals surface area contributed by atoms with Crippen molar-refractivity contribution < 1.29 is 4.79 Å². The summed E-state index contributed by atoms with van der Waals surface area (Å²) < 4.78 is 0. The lowest BCUT2D eigenvalue weighted by atomic mass is 10.2. The number of carbonyl (C=O) groups excluding carboxylic acids is 1. The monoisotopic (exact) mass is 247 g/mol. The van der Waals surface area contributed by atoms with E-state index in [2.05, 4.69) is 29.2 Å². The Balaban J connectivity index is 1.82. The summed E-state index contributed by atoms with van der Waals surface area (Å²) in [6.45, 7) is 6.13. The second kappa shape index (κ2) is 5.98. The van der Waals surface area contributed by atoms with Gasteiger partial charge in [-0.2, -0.15) is 0 Å². The molecule has 98 valence electrons. The molecule has 0 bridgehead atoms. The Hall–Kier alpha value is -1.39. The summed E-state index contributed by atoms with van der Waals surface area (Å²) in [6, 6.07) is 10.0. The van der Waals surface area contributed by atoms with Gasteiger partial charge in [-0.05, 0) is 12.5 Å². The highest BCUT2D eigenvalue weighted by molar-refractivity contribution is 5.81. The van der Waals surface area contributed by atoms with Crippen molar-refractivity contribution in [3.05, 3.63) is 35.9 Å². The van der Waals surface area contributed by atoms with E-state index in [0.29, 0.717) is 0 Å². The highest BCUT2D eigenvalue weighted by Gasteiger charge is 2.22. The molecular weight excluding hydrogens is 226 g/mol. The van der Waals surface area contributed by atoms with Crippen LogP contribution in [0.4, 0.5) is 0 Å². The van der Waals surface area contributed by atoms with Crippen molar-refractivity contribution in [3.63, 3.8) is 0 Å². The van der Waals surface area contributed by atoms with Crippen LogP contribution >= 0.6 is 0 Å². The van der Waals surface area contributed by atoms with Gasteiger partial charge in [0.05, 0.1) is 6.04 Å². The second-order valence-corrected chi connectivity index (χ2v) is 4.88. The first-order valence-corrected chi connectivity index (χ1v) is 6.47. The van der Waals surface area contributed by atoms with Gasteiger partial charge in [-0.1, -0.05) is 30.3 Å². The van der Waals surface area contributed by atoms with Crippen LogP contribution in [0.5, 0.6) is 0 Å². The molecule has 1 unspecified atom stereocenters. The Kier molecular flexibility index (Phi) is 4.33. The van der Waals surface area contributed by atoms with Crippen molar-refractivity contribution in [2.24, 2.45) is 5.73 Å². The number of benzene rings is 1. The van der Waals surface area contributed by atoms with Gasteiger partial charge in [0.25, 0.3) is 0 Å². The number of nitrogens with zero attached hydrogens (tertiary/aromatic N) is 2. The van der Waals surface area contributed by atoms with Crippen molar-refractivity contribution in [2.75, 3.05) is 26.2 Å². The minimum Gasteiger partial charge on any atom is -0.339 e. The Morgan fingerprint density at radius 3 is 2.39 bits per heavy atom. The Labute approximate surface area is 108 Å². The highest BCUT2D eigenvalue weighted by Crippen LogP contribution is 2.08. The first kappa shape index (κ1) is 13.1. The molecule has 4 heteroatoms. The third-order valence-corrected chi connectivity index (χ3v) is 3.32. The summed E-state index contributed by atoms with van der Waals surface area (Å²) in [6.07, 6.45) is 0. The lowest BCUT2D eigenvalue weighted by molar-refractivity contribution is -0.134. The van der Waals surface area contributed by atoms with E-state index in [0.717, 1.165) is 32.7 Å². The minimum absolute atomic E-state index is 0.0642. The highest BCUT2D eigenvalue weighted by atomic mass is 16.2. The first-order valence-electron chi connectivity index (χ1n) is 6.47. The molecule has 0 aliphatic carbocycles. The van der Waals surface area contributed by atoms with Crippen LogP contribution < -0.4 is 5.73 Å². The number of piperazine rings is 1. The van der Waals surface area contributed by atoms with Crippen LogP contribution in [0.25, 0.3) is 0 Å². The molecule has 2 rings (SSSR count). The van der Waals surface area contributed by atoms with Crippen LogP contribution in [0.1, 0.15) is 12.5 Å². The maximum Gasteiger partial charge on any atom is 0.239 e. The second-order valence-electron chi connectivity index (χ2n) is 4.88. The first-order chi connectivity index (χ1) is 8.66. The molecule has 1 atom stereocenters. The Morgan fingerprint density at radius 1 is 1.22 bits per heavy atom. The van der Waals surface area contributed by atoms with Gasteiger partial charge in [-0.3, -0.25) is 9.69 Å². The molecule has 4 nitrogen and oxygen atoms in total. The summed E-state index contributed by atoms with van der Waals surface area (Å²) in [5.41, 5.74) is 6.94. The van der Waals surface area contributed by atoms with Crippen molar-refractivity contribution in [2.45, 2.75) is 19.5 Å². The van der Waals surface area contributed by atoms with Gasteiger partial charge in [0.1, 0.15) is 0 Å². The van der Waals surface area contributed by atoms with Crippen molar-refractivity contribution in [1.82, 2.24) is 9.80 Å².